The Morgan fingerprint density at radius 2 is 2.28 bits per heavy atom. The zero-order valence-electron chi connectivity index (χ0n) is 16.2. The van der Waals surface area contributed by atoms with Crippen LogP contribution in [0.15, 0.2) is 27.2 Å². The van der Waals surface area contributed by atoms with Crippen LogP contribution in [0.4, 0.5) is 5.82 Å². The number of halogens is 2. The predicted octanol–water partition coefficient (Wildman–Crippen LogP) is 3.14. The highest BCUT2D eigenvalue weighted by Crippen LogP contribution is 2.21. The molecule has 1 aliphatic heterocycles. The molecule has 1 atom stereocenters. The van der Waals surface area contributed by atoms with Gasteiger partial charge in [-0.3, -0.25) is 15.1 Å². The first kappa shape index (κ1) is 23.3. The van der Waals surface area contributed by atoms with Crippen LogP contribution >= 0.6 is 27.5 Å². The lowest BCUT2D eigenvalue weighted by atomic mass is 10.1. The molecule has 1 aromatic heterocycles. The van der Waals surface area contributed by atoms with Crippen LogP contribution in [0, 0.1) is 10.1 Å². The van der Waals surface area contributed by atoms with E-state index in [0.29, 0.717) is 29.9 Å². The summed E-state index contributed by atoms with van der Waals surface area (Å²) in [6.45, 7) is 4.87. The van der Waals surface area contributed by atoms with Gasteiger partial charge < -0.3 is 20.5 Å². The van der Waals surface area contributed by atoms with E-state index in [2.05, 4.69) is 36.2 Å². The van der Waals surface area contributed by atoms with Crippen LogP contribution in [0.2, 0.25) is 5.28 Å². The van der Waals surface area contributed by atoms with E-state index < -0.39 is 4.92 Å². The second-order valence-electron chi connectivity index (χ2n) is 6.55. The van der Waals surface area contributed by atoms with Crippen molar-refractivity contribution in [3.63, 3.8) is 0 Å². The number of nitrogens with two attached hydrogens (primary N) is 1. The fourth-order valence-electron chi connectivity index (χ4n) is 2.72. The number of nitrogens with one attached hydrogen (secondary N) is 1. The van der Waals surface area contributed by atoms with Gasteiger partial charge in [0.1, 0.15) is 11.5 Å². The Bertz CT molecular complexity index is 785. The second-order valence-corrected chi connectivity index (χ2v) is 7.74. The van der Waals surface area contributed by atoms with Gasteiger partial charge in [-0.05, 0) is 54.2 Å². The third-order valence-electron chi connectivity index (χ3n) is 4.23. The summed E-state index contributed by atoms with van der Waals surface area (Å²) >= 11 is 9.14. The van der Waals surface area contributed by atoms with Crippen molar-refractivity contribution in [1.82, 2.24) is 9.97 Å². The van der Waals surface area contributed by atoms with Gasteiger partial charge in [-0.1, -0.05) is 0 Å². The van der Waals surface area contributed by atoms with Gasteiger partial charge in [-0.25, -0.2) is 4.98 Å². The van der Waals surface area contributed by atoms with E-state index in [1.165, 1.54) is 0 Å². The van der Waals surface area contributed by atoms with E-state index in [1.807, 2.05) is 6.92 Å². The Hall–Kier alpha value is -1.98. The summed E-state index contributed by atoms with van der Waals surface area (Å²) in [7, 11) is 0. The minimum atomic E-state index is -0.560. The average Bonchev–Trinajstić information content (AvgIpc) is 2.65. The molecule has 2 heterocycles. The van der Waals surface area contributed by atoms with Gasteiger partial charge in [0.15, 0.2) is 0 Å². The molecule has 0 aliphatic carbocycles. The van der Waals surface area contributed by atoms with Crippen molar-refractivity contribution in [3.8, 4) is 0 Å². The topological polar surface area (TPSA) is 138 Å². The lowest BCUT2D eigenvalue weighted by molar-refractivity contribution is -0.418. The Morgan fingerprint density at radius 3 is 2.93 bits per heavy atom. The summed E-state index contributed by atoms with van der Waals surface area (Å²) in [6, 6.07) is -0.0602. The molecule has 2 rings (SSSR count). The molecule has 0 radical (unpaired) electrons. The van der Waals surface area contributed by atoms with E-state index >= 15 is 0 Å². The fourth-order valence-corrected chi connectivity index (χ4v) is 3.15. The predicted molar refractivity (Wildman–Crippen MR) is 114 cm³/mol. The maximum Gasteiger partial charge on any atom is 0.348 e. The molecule has 12 heteroatoms. The quantitative estimate of drug-likeness (QED) is 0.177. The van der Waals surface area contributed by atoms with Gasteiger partial charge in [0.05, 0.1) is 22.0 Å². The van der Waals surface area contributed by atoms with Gasteiger partial charge in [0.2, 0.25) is 5.28 Å². The van der Waals surface area contributed by atoms with Crippen LogP contribution in [0.5, 0.6) is 0 Å². The monoisotopic (exact) mass is 490 g/mol. The summed E-state index contributed by atoms with van der Waals surface area (Å²) in [5.41, 5.74) is 5.80. The standard InChI is InChI=1S/C17H24BrClN6O4/c1-10(22-16-13(18)9-21-17(19)24-16)3-8-29-15(20)14(25(26)27)11(2)23-12-4-6-28-7-5-12/h9-10,12H,3-8,20H2,1-2H3,(H,21,22,24). The van der Waals surface area contributed by atoms with E-state index in [4.69, 9.17) is 26.8 Å². The Balaban J connectivity index is 1.95. The molecular weight excluding hydrogens is 468 g/mol. The highest BCUT2D eigenvalue weighted by Gasteiger charge is 2.24. The molecule has 1 fully saturated rings. The molecule has 3 N–H and O–H groups in total. The summed E-state index contributed by atoms with van der Waals surface area (Å²) in [5.74, 6) is 0.299. The minimum Gasteiger partial charge on any atom is -0.474 e. The first-order chi connectivity index (χ1) is 13.8. The summed E-state index contributed by atoms with van der Waals surface area (Å²) in [4.78, 5) is 23.3. The van der Waals surface area contributed by atoms with Crippen molar-refractivity contribution >= 4 is 39.1 Å². The zero-order valence-corrected chi connectivity index (χ0v) is 18.6. The summed E-state index contributed by atoms with van der Waals surface area (Å²) < 4.78 is 11.4. The van der Waals surface area contributed by atoms with E-state index in [-0.39, 0.29) is 41.3 Å². The normalized spacial score (nSPS) is 17.4. The van der Waals surface area contributed by atoms with Crippen molar-refractivity contribution < 1.29 is 14.4 Å². The molecule has 1 aromatic rings. The molecule has 0 spiro atoms. The molecule has 1 aliphatic rings. The molecule has 160 valence electrons. The lowest BCUT2D eigenvalue weighted by Gasteiger charge is -2.19. The van der Waals surface area contributed by atoms with Crippen molar-refractivity contribution in [2.75, 3.05) is 25.1 Å². The Labute approximate surface area is 182 Å². The SMILES string of the molecule is CC(=NC1CCOCC1)C(=C(N)OCCC(C)Nc1nc(Cl)ncc1Br)[N+](=O)[O-]. The molecule has 29 heavy (non-hydrogen) atoms. The average molecular weight is 492 g/mol. The molecule has 0 bridgehead atoms. The number of hydrogen-bond donors (Lipinski definition) is 2. The number of rotatable bonds is 9. The minimum absolute atomic E-state index is 0.00569. The highest BCUT2D eigenvalue weighted by atomic mass is 79.9. The van der Waals surface area contributed by atoms with Gasteiger partial charge in [0.25, 0.3) is 5.88 Å². The number of anilines is 1. The molecule has 0 amide bonds. The molecular formula is C17H24BrClN6O4. The van der Waals surface area contributed by atoms with Crippen LogP contribution in [0.3, 0.4) is 0 Å². The van der Waals surface area contributed by atoms with Gasteiger partial charge in [-0.2, -0.15) is 4.98 Å². The number of nitrogens with zero attached hydrogens (tertiary/aromatic N) is 4. The number of aromatic nitrogens is 2. The van der Waals surface area contributed by atoms with Crippen LogP contribution < -0.4 is 11.1 Å². The smallest absolute Gasteiger partial charge is 0.348 e. The zero-order chi connectivity index (χ0) is 21.4. The van der Waals surface area contributed by atoms with Crippen LogP contribution in [0.1, 0.15) is 33.1 Å². The molecule has 1 unspecified atom stereocenters. The third kappa shape index (κ3) is 7.41. The highest BCUT2D eigenvalue weighted by molar-refractivity contribution is 9.10. The maximum atomic E-state index is 11.5. The number of nitro groups is 1. The lowest BCUT2D eigenvalue weighted by Crippen LogP contribution is -2.24. The van der Waals surface area contributed by atoms with Crippen molar-refractivity contribution in [2.45, 2.75) is 45.2 Å². The van der Waals surface area contributed by atoms with E-state index in [0.717, 1.165) is 12.8 Å². The first-order valence-corrected chi connectivity index (χ1v) is 10.3. The summed E-state index contributed by atoms with van der Waals surface area (Å²) in [6.07, 6.45) is 3.53. The van der Waals surface area contributed by atoms with Crippen LogP contribution in [0.25, 0.3) is 0 Å². The Kier molecular flexibility index (Phi) is 9.05. The molecule has 10 nitrogen and oxygen atoms in total. The Morgan fingerprint density at radius 1 is 1.59 bits per heavy atom. The number of ether oxygens (including phenoxy) is 2. The third-order valence-corrected chi connectivity index (χ3v) is 4.99. The van der Waals surface area contributed by atoms with Gasteiger partial charge in [0, 0.05) is 31.9 Å². The molecule has 1 saturated heterocycles. The van der Waals surface area contributed by atoms with E-state index in [1.54, 1.807) is 13.1 Å². The molecule has 0 saturated carbocycles. The number of hydrogen-bond acceptors (Lipinski definition) is 9. The largest absolute Gasteiger partial charge is 0.474 e. The van der Waals surface area contributed by atoms with Crippen molar-refractivity contribution in [2.24, 2.45) is 10.7 Å². The maximum absolute atomic E-state index is 11.5. The van der Waals surface area contributed by atoms with Crippen molar-refractivity contribution in [3.05, 3.63) is 37.6 Å². The van der Waals surface area contributed by atoms with Crippen molar-refractivity contribution in [1.29, 1.82) is 0 Å². The summed E-state index contributed by atoms with van der Waals surface area (Å²) in [5, 5.41) is 14.8. The second kappa shape index (κ2) is 11.3. The van der Waals surface area contributed by atoms with Gasteiger partial charge in [-0.15, -0.1) is 0 Å². The van der Waals surface area contributed by atoms with Crippen LogP contribution in [-0.4, -0.2) is 52.5 Å². The van der Waals surface area contributed by atoms with E-state index in [9.17, 15) is 10.1 Å². The molecule has 0 aromatic carbocycles. The first-order valence-electron chi connectivity index (χ1n) is 9.12. The number of allylic oxidation sites excluding steroid dienone is 1. The fraction of sp³-hybridized carbons (Fsp3) is 0.588. The van der Waals surface area contributed by atoms with Gasteiger partial charge >= 0.3 is 5.70 Å². The van der Waals surface area contributed by atoms with Crippen LogP contribution in [-0.2, 0) is 9.47 Å². The number of aliphatic imine (C=N–C) groups is 1.